The Labute approximate surface area is 283 Å². The van der Waals surface area contributed by atoms with E-state index in [0.717, 1.165) is 11.1 Å². The third-order valence-corrected chi connectivity index (χ3v) is 7.09. The minimum absolute atomic E-state index is 0. The molecule has 0 saturated carbocycles. The van der Waals surface area contributed by atoms with E-state index in [4.69, 9.17) is 10.00 Å². The molecule has 3 heterocycles. The van der Waals surface area contributed by atoms with Crippen molar-refractivity contribution in [2.75, 3.05) is 6.61 Å². The Morgan fingerprint density at radius 1 is 1.07 bits per heavy atom. The monoisotopic (exact) mass is 640 g/mol. The number of aromatic carboxylic acids is 1. The third-order valence-electron chi connectivity index (χ3n) is 7.09. The molecule has 0 aliphatic carbocycles. The molecule has 0 bridgehead atoms. The molecule has 0 atom stereocenters. The number of hydrogen-bond acceptors (Lipinski definition) is 7. The van der Waals surface area contributed by atoms with Crippen LogP contribution in [0.5, 0.6) is 5.75 Å². The van der Waals surface area contributed by atoms with Gasteiger partial charge in [-0.3, -0.25) is 4.68 Å². The molecule has 0 amide bonds. The fourth-order valence-electron chi connectivity index (χ4n) is 4.91. The van der Waals surface area contributed by atoms with Crippen molar-refractivity contribution in [2.24, 2.45) is 0 Å². The van der Waals surface area contributed by atoms with E-state index in [0.29, 0.717) is 65.9 Å². The minimum Gasteiger partial charge on any atom is -0.545 e. The van der Waals surface area contributed by atoms with Crippen molar-refractivity contribution in [3.63, 3.8) is 0 Å². The molecule has 0 aliphatic rings. The number of pyridine rings is 1. The number of halogens is 4. The number of carbonyl (C=O) groups excluding carboxylic acids is 1. The van der Waals surface area contributed by atoms with Crippen molar-refractivity contribution in [3.8, 4) is 28.9 Å². The van der Waals surface area contributed by atoms with Crippen LogP contribution in [0.3, 0.4) is 0 Å². The molecule has 0 fully saturated rings. The summed E-state index contributed by atoms with van der Waals surface area (Å²) in [5.41, 5.74) is 1.03. The standard InChI is InChI=1S/C32H26F4N6O3.Na/c1-20-16-25(45-15-3-13-41-14-12-24(18-37)40-41)11-9-21(20)6-7-22-8-10-23(33)17-26(22)28-4-2-5-29(39-28)42-30(32(34,35)36)27(19-38-42)31(43)44;/h2,4-5,8-12,14,16-17,19H,3,6-7,13,15H2,1H3,(H,43,44);/q;+1/p-1. The van der Waals surface area contributed by atoms with E-state index in [9.17, 15) is 27.5 Å². The Morgan fingerprint density at radius 2 is 1.83 bits per heavy atom. The van der Waals surface area contributed by atoms with Crippen molar-refractivity contribution < 1.29 is 61.8 Å². The minimum atomic E-state index is -5.05. The van der Waals surface area contributed by atoms with Gasteiger partial charge >= 0.3 is 35.7 Å². The molecule has 5 rings (SSSR count). The van der Waals surface area contributed by atoms with Gasteiger partial charge in [-0.05, 0) is 78.9 Å². The largest absolute Gasteiger partial charge is 1.00 e. The summed E-state index contributed by atoms with van der Waals surface area (Å²) in [6.45, 7) is 3.03. The number of nitrogens with zero attached hydrogens (tertiary/aromatic N) is 6. The van der Waals surface area contributed by atoms with Gasteiger partial charge in [0.1, 0.15) is 17.6 Å². The molecule has 46 heavy (non-hydrogen) atoms. The van der Waals surface area contributed by atoms with E-state index in [1.54, 1.807) is 23.0 Å². The number of aryl methyl sites for hydroxylation is 4. The van der Waals surface area contributed by atoms with Crippen LogP contribution in [0, 0.1) is 24.1 Å². The van der Waals surface area contributed by atoms with Crippen LogP contribution in [0.25, 0.3) is 17.1 Å². The first-order valence-corrected chi connectivity index (χ1v) is 13.8. The zero-order chi connectivity index (χ0) is 32.1. The topological polar surface area (TPSA) is 122 Å². The Kier molecular flexibility index (Phi) is 11.0. The second-order valence-corrected chi connectivity index (χ2v) is 10.2. The van der Waals surface area contributed by atoms with E-state index in [1.165, 1.54) is 30.3 Å². The summed E-state index contributed by atoms with van der Waals surface area (Å²) in [7, 11) is 0. The molecule has 9 nitrogen and oxygen atoms in total. The molecular formula is C32H25F4N6NaO3. The number of benzene rings is 2. The van der Waals surface area contributed by atoms with Gasteiger partial charge in [0.2, 0.25) is 0 Å². The summed E-state index contributed by atoms with van der Waals surface area (Å²) in [4.78, 5) is 15.6. The maximum absolute atomic E-state index is 14.4. The Hall–Kier alpha value is -4.51. The second-order valence-electron chi connectivity index (χ2n) is 10.2. The molecule has 14 heteroatoms. The number of rotatable bonds is 11. The van der Waals surface area contributed by atoms with Gasteiger partial charge < -0.3 is 14.6 Å². The molecule has 0 N–H and O–H groups in total. The van der Waals surface area contributed by atoms with E-state index < -0.39 is 29.2 Å². The molecule has 0 aliphatic heterocycles. The van der Waals surface area contributed by atoms with Gasteiger partial charge in [-0.15, -0.1) is 0 Å². The van der Waals surface area contributed by atoms with Crippen molar-refractivity contribution in [3.05, 3.63) is 113 Å². The maximum Gasteiger partial charge on any atom is 1.00 e. The van der Waals surface area contributed by atoms with Gasteiger partial charge in [-0.2, -0.15) is 28.6 Å². The SMILES string of the molecule is Cc1cc(OCCCn2ccc(C#N)n2)ccc1CCc1ccc(F)cc1-c1cccc(-n2ncc(C(=O)[O-])c2C(F)(F)F)n1.[Na+]. The van der Waals surface area contributed by atoms with Gasteiger partial charge in [-0.25, -0.2) is 14.1 Å². The van der Waals surface area contributed by atoms with Crippen molar-refractivity contribution in [2.45, 2.75) is 38.9 Å². The Morgan fingerprint density at radius 3 is 2.52 bits per heavy atom. The Bertz CT molecular complexity index is 1900. The van der Waals surface area contributed by atoms with Crippen molar-refractivity contribution in [1.29, 1.82) is 5.26 Å². The number of nitriles is 1. The van der Waals surface area contributed by atoms with Crippen LogP contribution in [0.4, 0.5) is 17.6 Å². The molecule has 0 spiro atoms. The first-order chi connectivity index (χ1) is 21.5. The summed E-state index contributed by atoms with van der Waals surface area (Å²) in [6, 6.07) is 17.8. The molecule has 5 aromatic rings. The van der Waals surface area contributed by atoms with Gasteiger partial charge in [0.25, 0.3) is 0 Å². The van der Waals surface area contributed by atoms with Gasteiger partial charge in [0.05, 0.1) is 24.5 Å². The third kappa shape index (κ3) is 8.00. The molecule has 230 valence electrons. The Balaban J connectivity index is 0.00000480. The van der Waals surface area contributed by atoms with E-state index in [1.807, 2.05) is 31.2 Å². The van der Waals surface area contributed by atoms with Crippen LogP contribution in [-0.2, 0) is 25.6 Å². The number of ether oxygens (including phenoxy) is 1. The first kappa shape index (κ1) is 34.4. The van der Waals surface area contributed by atoms with Gasteiger partial charge in [-0.1, -0.05) is 18.2 Å². The fraction of sp³-hybridized carbons (Fsp3) is 0.219. The second kappa shape index (κ2) is 14.7. The van der Waals surface area contributed by atoms with Gasteiger partial charge in [0.15, 0.2) is 17.2 Å². The molecule has 3 aromatic heterocycles. The zero-order valence-corrected chi connectivity index (χ0v) is 26.9. The van der Waals surface area contributed by atoms with Crippen LogP contribution in [0.2, 0.25) is 0 Å². The molecule has 0 saturated heterocycles. The van der Waals surface area contributed by atoms with Gasteiger partial charge in [0, 0.05) is 30.3 Å². The number of carbonyl (C=O) groups is 1. The van der Waals surface area contributed by atoms with Crippen LogP contribution in [-0.4, -0.2) is 37.1 Å². The van der Waals surface area contributed by atoms with Crippen molar-refractivity contribution >= 4 is 5.97 Å². The predicted octanol–water partition coefficient (Wildman–Crippen LogP) is 2.09. The summed E-state index contributed by atoms with van der Waals surface area (Å²) < 4.78 is 63.6. The average molecular weight is 641 g/mol. The van der Waals surface area contributed by atoms with E-state index >= 15 is 0 Å². The fourth-order valence-corrected chi connectivity index (χ4v) is 4.91. The van der Waals surface area contributed by atoms with E-state index in [2.05, 4.69) is 15.2 Å². The average Bonchev–Trinajstić information content (AvgIpc) is 3.67. The van der Waals surface area contributed by atoms with E-state index in [-0.39, 0.29) is 41.1 Å². The number of carboxylic acids is 1. The summed E-state index contributed by atoms with van der Waals surface area (Å²) in [5.74, 6) is -2.15. The molecule has 0 unspecified atom stereocenters. The van der Waals surface area contributed by atoms with Crippen LogP contribution in [0.1, 0.15) is 44.9 Å². The number of hydrogen-bond donors (Lipinski definition) is 0. The number of alkyl halides is 3. The number of carboxylic acid groups (broad SMARTS) is 1. The normalized spacial score (nSPS) is 11.1. The maximum atomic E-state index is 14.4. The van der Waals surface area contributed by atoms with Crippen LogP contribution < -0.4 is 39.4 Å². The summed E-state index contributed by atoms with van der Waals surface area (Å²) in [6.07, 6.45) is -0.985. The number of aromatic nitrogens is 5. The molecule has 2 aromatic carbocycles. The van der Waals surface area contributed by atoms with Crippen LogP contribution in [0.15, 0.2) is 73.1 Å². The molecular weight excluding hydrogens is 615 g/mol. The zero-order valence-electron chi connectivity index (χ0n) is 24.9. The summed E-state index contributed by atoms with van der Waals surface area (Å²) >= 11 is 0. The quantitative estimate of drug-likeness (QED) is 0.123. The van der Waals surface area contributed by atoms with Crippen LogP contribution >= 0.6 is 0 Å². The van der Waals surface area contributed by atoms with Crippen molar-refractivity contribution in [1.82, 2.24) is 24.5 Å². The smallest absolute Gasteiger partial charge is 0.545 e. The molecule has 0 radical (unpaired) electrons. The predicted molar refractivity (Wildman–Crippen MR) is 152 cm³/mol. The first-order valence-electron chi connectivity index (χ1n) is 13.8. The summed E-state index contributed by atoms with van der Waals surface area (Å²) in [5, 5.41) is 27.9.